The van der Waals surface area contributed by atoms with Gasteiger partial charge in [0.05, 0.1) is 38.5 Å². The minimum atomic E-state index is -0.520. The van der Waals surface area contributed by atoms with E-state index >= 15 is 0 Å². The van der Waals surface area contributed by atoms with E-state index in [4.69, 9.17) is 0 Å². The second kappa shape index (κ2) is 22.1. The van der Waals surface area contributed by atoms with Crippen molar-refractivity contribution in [2.45, 2.75) is 150 Å². The van der Waals surface area contributed by atoms with Crippen LogP contribution in [0.15, 0.2) is 194 Å². The molecule has 13 aromatic rings. The van der Waals surface area contributed by atoms with Gasteiger partial charge in [-0.2, -0.15) is 0 Å². The first-order chi connectivity index (χ1) is 41.9. The highest BCUT2D eigenvalue weighted by atomic mass is 15.0. The zero-order valence-electron chi connectivity index (χ0n) is 52.3. The second-order valence-electron chi connectivity index (χ2n) is 26.5. The van der Waals surface area contributed by atoms with Crippen LogP contribution in [0.25, 0.3) is 93.6 Å². The van der Waals surface area contributed by atoms with Crippen molar-refractivity contribution in [2.75, 3.05) is 0 Å². The lowest BCUT2D eigenvalue weighted by atomic mass is 9.67. The van der Waals surface area contributed by atoms with Crippen LogP contribution in [0.1, 0.15) is 161 Å². The number of aryl methyl sites for hydroxylation is 6. The van der Waals surface area contributed by atoms with Gasteiger partial charge in [0.1, 0.15) is 0 Å². The third-order valence-corrected chi connectivity index (χ3v) is 19.5. The third kappa shape index (κ3) is 9.22. The Bertz CT molecular complexity index is 4360. The SMILES string of the molecule is CCCCc1ccc2c(c1)c1cc(CCCC)ccc1n2-c1ccc2c(c1)c1cc(-n3c4ccc(CCCC)cc4c4cc(CCCC)ccc43)ccc1n2-c1ccc(C2(c3ccc(C(C)(C)C)cc3)c3cc(C)ccc3-c3ccc(C)cc32)cc1. The average molecular weight is 1120 g/mol. The molecule has 3 heteroatoms. The van der Waals surface area contributed by atoms with Crippen molar-refractivity contribution in [1.82, 2.24) is 13.7 Å². The van der Waals surface area contributed by atoms with Crippen LogP contribution in [0, 0.1) is 13.8 Å². The number of benzene rings is 10. The molecule has 0 saturated heterocycles. The molecule has 14 rings (SSSR count). The molecular weight excluding hydrogens is 1040 g/mol. The summed E-state index contributed by atoms with van der Waals surface area (Å²) in [5.74, 6) is 0. The third-order valence-electron chi connectivity index (χ3n) is 19.5. The molecule has 0 fully saturated rings. The van der Waals surface area contributed by atoms with Crippen LogP contribution >= 0.6 is 0 Å². The largest absolute Gasteiger partial charge is 0.309 e. The summed E-state index contributed by atoms with van der Waals surface area (Å²) in [6, 6.07) is 77.2. The maximum absolute atomic E-state index is 2.55. The molecule has 86 heavy (non-hydrogen) atoms. The number of unbranched alkanes of at least 4 members (excludes halogenated alkanes) is 4. The van der Waals surface area contributed by atoms with Gasteiger partial charge in [-0.3, -0.25) is 0 Å². The fraction of sp³-hybridized carbons (Fsp3) is 0.277. The Morgan fingerprint density at radius 3 is 0.953 bits per heavy atom. The van der Waals surface area contributed by atoms with E-state index < -0.39 is 5.41 Å². The number of rotatable bonds is 17. The lowest BCUT2D eigenvalue weighted by Crippen LogP contribution is -2.29. The van der Waals surface area contributed by atoms with E-state index in [0.29, 0.717) is 0 Å². The molecule has 0 amide bonds. The van der Waals surface area contributed by atoms with Crippen molar-refractivity contribution < 1.29 is 0 Å². The molecule has 3 heterocycles. The van der Waals surface area contributed by atoms with E-state index in [9.17, 15) is 0 Å². The smallest absolute Gasteiger partial charge is 0.0713 e. The standard InChI is InChI=1S/C83H83N3/c1-10-14-18-56-24-40-76-68(48-56)69-49-57(19-15-11-2)25-41-77(69)85(76)64-36-44-80-72(52-64)73-53-65(86-78-42-26-58(20-16-12-3)50-70(78)71-51-59(21-17-13-4)27-43-79(71)86)37-45-81(73)84(80)63-34-32-62(33-35-63)83(61-30-28-60(29-31-61)82(7,8)9)74-46-54(5)22-38-66(74)67-39-23-55(6)47-75(67)83/h22-53H,10-21H2,1-9H3. The molecule has 0 unspecified atom stereocenters. The van der Waals surface area contributed by atoms with Gasteiger partial charge < -0.3 is 13.7 Å². The molecule has 1 aliphatic carbocycles. The highest BCUT2D eigenvalue weighted by Crippen LogP contribution is 2.57. The first-order valence-electron chi connectivity index (χ1n) is 32.6. The molecule has 0 spiro atoms. The summed E-state index contributed by atoms with van der Waals surface area (Å²) >= 11 is 0. The van der Waals surface area contributed by atoms with Gasteiger partial charge >= 0.3 is 0 Å². The minimum absolute atomic E-state index is 0.0363. The van der Waals surface area contributed by atoms with Crippen LogP contribution in [0.5, 0.6) is 0 Å². The molecule has 430 valence electrons. The molecule has 0 aliphatic heterocycles. The lowest BCUT2D eigenvalue weighted by molar-refractivity contribution is 0.589. The van der Waals surface area contributed by atoms with Gasteiger partial charge in [-0.1, -0.05) is 182 Å². The molecule has 0 radical (unpaired) electrons. The van der Waals surface area contributed by atoms with Crippen molar-refractivity contribution in [3.8, 4) is 28.2 Å². The summed E-state index contributed by atoms with van der Waals surface area (Å²) in [7, 11) is 0. The van der Waals surface area contributed by atoms with E-state index in [-0.39, 0.29) is 5.41 Å². The molecule has 1 aliphatic rings. The van der Waals surface area contributed by atoms with Crippen molar-refractivity contribution in [1.29, 1.82) is 0 Å². The van der Waals surface area contributed by atoms with Gasteiger partial charge in [0, 0.05) is 49.4 Å². The van der Waals surface area contributed by atoms with Crippen molar-refractivity contribution in [2.24, 2.45) is 0 Å². The van der Waals surface area contributed by atoms with Crippen LogP contribution in [-0.2, 0) is 36.5 Å². The Labute approximate surface area is 510 Å². The highest BCUT2D eigenvalue weighted by molar-refractivity contribution is 6.14. The van der Waals surface area contributed by atoms with Crippen molar-refractivity contribution in [3.63, 3.8) is 0 Å². The molecule has 0 N–H and O–H groups in total. The van der Waals surface area contributed by atoms with Crippen LogP contribution in [0.4, 0.5) is 0 Å². The van der Waals surface area contributed by atoms with Crippen LogP contribution < -0.4 is 0 Å². The highest BCUT2D eigenvalue weighted by Gasteiger charge is 2.46. The van der Waals surface area contributed by atoms with Gasteiger partial charge in [0.15, 0.2) is 0 Å². The fourth-order valence-electron chi connectivity index (χ4n) is 14.9. The van der Waals surface area contributed by atoms with E-state index in [0.717, 1.165) is 31.4 Å². The summed E-state index contributed by atoms with van der Waals surface area (Å²) in [6.07, 6.45) is 13.9. The number of aromatic nitrogens is 3. The fourth-order valence-corrected chi connectivity index (χ4v) is 14.9. The monoisotopic (exact) mass is 1120 g/mol. The Balaban J connectivity index is 1.00. The Morgan fingerprint density at radius 2 is 0.616 bits per heavy atom. The predicted octanol–water partition coefficient (Wildman–Crippen LogP) is 22.6. The van der Waals surface area contributed by atoms with Gasteiger partial charge in [0.25, 0.3) is 0 Å². The number of nitrogens with zero attached hydrogens (tertiary/aromatic N) is 3. The maximum atomic E-state index is 2.55. The minimum Gasteiger partial charge on any atom is -0.309 e. The lowest BCUT2D eigenvalue weighted by Gasteiger charge is -2.35. The van der Waals surface area contributed by atoms with E-state index in [1.807, 2.05) is 0 Å². The molecular formula is C83H83N3. The van der Waals surface area contributed by atoms with Gasteiger partial charge in [-0.25, -0.2) is 0 Å². The number of hydrogen-bond donors (Lipinski definition) is 0. The van der Waals surface area contributed by atoms with Crippen LogP contribution in [0.2, 0.25) is 0 Å². The topological polar surface area (TPSA) is 14.8 Å². The zero-order valence-corrected chi connectivity index (χ0v) is 52.3. The number of hydrogen-bond acceptors (Lipinski definition) is 0. The molecule has 0 saturated carbocycles. The van der Waals surface area contributed by atoms with E-state index in [1.165, 1.54) is 200 Å². The summed E-state index contributed by atoms with van der Waals surface area (Å²) in [5.41, 5.74) is 27.9. The maximum Gasteiger partial charge on any atom is 0.0713 e. The summed E-state index contributed by atoms with van der Waals surface area (Å²) < 4.78 is 7.63. The Kier molecular flexibility index (Phi) is 14.3. The predicted molar refractivity (Wildman–Crippen MR) is 369 cm³/mol. The molecule has 3 nitrogen and oxygen atoms in total. The molecule has 10 aromatic carbocycles. The molecule has 0 bridgehead atoms. The first-order valence-corrected chi connectivity index (χ1v) is 32.6. The Morgan fingerprint density at radius 1 is 0.314 bits per heavy atom. The summed E-state index contributed by atoms with van der Waals surface area (Å²) in [6.45, 7) is 20.6. The van der Waals surface area contributed by atoms with Crippen molar-refractivity contribution in [3.05, 3.63) is 255 Å². The quantitative estimate of drug-likeness (QED) is 0.0863. The first kappa shape index (κ1) is 55.5. The van der Waals surface area contributed by atoms with Gasteiger partial charge in [0.2, 0.25) is 0 Å². The van der Waals surface area contributed by atoms with Crippen molar-refractivity contribution >= 4 is 65.4 Å². The Hall–Kier alpha value is -8.40. The average Bonchev–Trinajstić information content (AvgIpc) is 1.73. The van der Waals surface area contributed by atoms with Gasteiger partial charge in [-0.05, 0) is 229 Å². The van der Waals surface area contributed by atoms with E-state index in [2.05, 4.69) is 270 Å². The second-order valence-corrected chi connectivity index (χ2v) is 26.5. The van der Waals surface area contributed by atoms with Crippen LogP contribution in [0.3, 0.4) is 0 Å². The summed E-state index contributed by atoms with van der Waals surface area (Å²) in [5, 5.41) is 7.86. The molecule has 3 aromatic heterocycles. The summed E-state index contributed by atoms with van der Waals surface area (Å²) in [4.78, 5) is 0. The van der Waals surface area contributed by atoms with Gasteiger partial charge in [-0.15, -0.1) is 0 Å². The van der Waals surface area contributed by atoms with E-state index in [1.54, 1.807) is 0 Å². The number of fused-ring (bicyclic) bond motifs is 12. The normalized spacial score (nSPS) is 13.1. The van der Waals surface area contributed by atoms with Crippen LogP contribution in [-0.4, -0.2) is 13.7 Å². The molecule has 0 atom stereocenters. The zero-order chi connectivity index (χ0) is 59.0.